The van der Waals surface area contributed by atoms with E-state index in [-0.39, 0.29) is 0 Å². The number of benzene rings is 1. The smallest absolute Gasteiger partial charge is 0.302 e. The van der Waals surface area contributed by atoms with E-state index in [4.69, 9.17) is 0 Å². The molecule has 1 heterocycles. The van der Waals surface area contributed by atoms with E-state index in [1.807, 2.05) is 7.05 Å². The quantitative estimate of drug-likeness (QED) is 0.661. The lowest BCUT2D eigenvalue weighted by atomic mass is 9.94. The van der Waals surface area contributed by atoms with Gasteiger partial charge in [-0.2, -0.15) is 13.2 Å². The summed E-state index contributed by atoms with van der Waals surface area (Å²) in [6.45, 7) is 3.10. The first-order valence-electron chi connectivity index (χ1n) is 5.26. The van der Waals surface area contributed by atoms with Crippen LogP contribution in [0.25, 0.3) is 0 Å². The Balaban J connectivity index is 2.46. The van der Waals surface area contributed by atoms with E-state index in [0.29, 0.717) is 12.0 Å². The van der Waals surface area contributed by atoms with Gasteiger partial charge in [0.05, 0.1) is 5.56 Å². The Labute approximate surface area is 92.9 Å². The van der Waals surface area contributed by atoms with Crippen LogP contribution in [0.4, 0.5) is 13.2 Å². The number of hydrogen-bond acceptors (Lipinski definition) is 1. The zero-order valence-electron chi connectivity index (χ0n) is 9.36. The van der Waals surface area contributed by atoms with Crippen LogP contribution in [0.5, 0.6) is 0 Å². The second kappa shape index (κ2) is 3.77. The topological polar surface area (TPSA) is 3.24 Å². The SMILES string of the molecule is Cc1cc2c(cc1C(F)(F)F)CCN(C)C2. The summed E-state index contributed by atoms with van der Waals surface area (Å²) in [7, 11) is 1.98. The lowest BCUT2D eigenvalue weighted by Crippen LogP contribution is -2.27. The van der Waals surface area contributed by atoms with Crippen molar-refractivity contribution in [2.24, 2.45) is 0 Å². The minimum Gasteiger partial charge on any atom is -0.302 e. The summed E-state index contributed by atoms with van der Waals surface area (Å²) in [5.74, 6) is 0. The predicted octanol–water partition coefficient (Wildman–Crippen LogP) is 3.00. The highest BCUT2D eigenvalue weighted by atomic mass is 19.4. The summed E-state index contributed by atoms with van der Waals surface area (Å²) in [6.07, 6.45) is -3.53. The molecule has 1 aliphatic rings. The molecule has 0 aromatic heterocycles. The maximum Gasteiger partial charge on any atom is 0.416 e. The Bertz CT molecular complexity index is 409. The second-order valence-corrected chi connectivity index (χ2v) is 4.42. The number of halogens is 3. The third-order valence-corrected chi connectivity index (χ3v) is 3.06. The van der Waals surface area contributed by atoms with Crippen LogP contribution in [0, 0.1) is 6.92 Å². The summed E-state index contributed by atoms with van der Waals surface area (Å²) < 4.78 is 38.1. The average Bonchev–Trinajstić information content (AvgIpc) is 2.14. The van der Waals surface area contributed by atoms with Gasteiger partial charge in [-0.3, -0.25) is 0 Å². The van der Waals surface area contributed by atoms with Crippen molar-refractivity contribution in [3.05, 3.63) is 34.4 Å². The molecule has 0 bridgehead atoms. The third kappa shape index (κ3) is 2.07. The van der Waals surface area contributed by atoms with Gasteiger partial charge in [-0.05, 0) is 43.1 Å². The summed E-state index contributed by atoms with van der Waals surface area (Å²) in [6, 6.07) is 2.99. The summed E-state index contributed by atoms with van der Waals surface area (Å²) in [5.41, 5.74) is 1.70. The number of likely N-dealkylation sites (N-methyl/N-ethyl adjacent to an activating group) is 1. The molecule has 0 N–H and O–H groups in total. The van der Waals surface area contributed by atoms with Gasteiger partial charge >= 0.3 is 6.18 Å². The zero-order valence-corrected chi connectivity index (χ0v) is 9.36. The summed E-state index contributed by atoms with van der Waals surface area (Å²) >= 11 is 0. The molecule has 1 nitrogen and oxygen atoms in total. The first kappa shape index (κ1) is 11.5. The molecule has 0 fully saturated rings. The average molecular weight is 229 g/mol. The molecule has 1 aromatic carbocycles. The maximum atomic E-state index is 12.7. The van der Waals surface area contributed by atoms with Crippen molar-refractivity contribution < 1.29 is 13.2 Å². The van der Waals surface area contributed by atoms with Gasteiger partial charge in [0, 0.05) is 13.1 Å². The molecule has 0 radical (unpaired) electrons. The van der Waals surface area contributed by atoms with Gasteiger partial charge in [0.2, 0.25) is 0 Å². The molecular formula is C12H14F3N. The van der Waals surface area contributed by atoms with Crippen molar-refractivity contribution in [3.63, 3.8) is 0 Å². The molecule has 88 valence electrons. The molecular weight excluding hydrogens is 215 g/mol. The third-order valence-electron chi connectivity index (χ3n) is 3.06. The van der Waals surface area contributed by atoms with Crippen LogP contribution < -0.4 is 0 Å². The molecule has 0 spiro atoms. The molecule has 1 aromatic rings. The molecule has 16 heavy (non-hydrogen) atoms. The van der Waals surface area contributed by atoms with Crippen molar-refractivity contribution in [2.75, 3.05) is 13.6 Å². The van der Waals surface area contributed by atoms with Crippen molar-refractivity contribution >= 4 is 0 Å². The molecule has 0 aliphatic carbocycles. The number of aryl methyl sites for hydroxylation is 1. The van der Waals surface area contributed by atoms with E-state index in [1.54, 1.807) is 6.07 Å². The van der Waals surface area contributed by atoms with Crippen molar-refractivity contribution in [3.8, 4) is 0 Å². The standard InChI is InChI=1S/C12H14F3N/c1-8-5-10-7-16(2)4-3-9(10)6-11(8)12(13,14)15/h5-6H,3-4,7H2,1-2H3. The van der Waals surface area contributed by atoms with Crippen LogP contribution in [-0.4, -0.2) is 18.5 Å². The number of nitrogens with zero attached hydrogens (tertiary/aromatic N) is 1. The van der Waals surface area contributed by atoms with E-state index < -0.39 is 11.7 Å². The van der Waals surface area contributed by atoms with Crippen LogP contribution in [0.3, 0.4) is 0 Å². The van der Waals surface area contributed by atoms with Crippen molar-refractivity contribution in [1.82, 2.24) is 4.90 Å². The van der Waals surface area contributed by atoms with Gasteiger partial charge in [0.25, 0.3) is 0 Å². The molecule has 4 heteroatoms. The zero-order chi connectivity index (χ0) is 11.9. The fourth-order valence-corrected chi connectivity index (χ4v) is 2.18. The number of hydrogen-bond donors (Lipinski definition) is 0. The van der Waals surface area contributed by atoms with Gasteiger partial charge < -0.3 is 4.90 Å². The van der Waals surface area contributed by atoms with Crippen LogP contribution >= 0.6 is 0 Å². The van der Waals surface area contributed by atoms with Gasteiger partial charge in [-0.15, -0.1) is 0 Å². The van der Waals surface area contributed by atoms with Crippen molar-refractivity contribution in [2.45, 2.75) is 26.1 Å². The molecule has 0 atom stereocenters. The highest BCUT2D eigenvalue weighted by Gasteiger charge is 2.33. The maximum absolute atomic E-state index is 12.7. The van der Waals surface area contributed by atoms with E-state index >= 15 is 0 Å². The van der Waals surface area contributed by atoms with Crippen LogP contribution in [0.1, 0.15) is 22.3 Å². The fourth-order valence-electron chi connectivity index (χ4n) is 2.18. The molecule has 1 aliphatic heterocycles. The fraction of sp³-hybridized carbons (Fsp3) is 0.500. The van der Waals surface area contributed by atoms with Crippen LogP contribution in [0.15, 0.2) is 12.1 Å². The van der Waals surface area contributed by atoms with Gasteiger partial charge in [-0.25, -0.2) is 0 Å². The molecule has 0 unspecified atom stereocenters. The Morgan fingerprint density at radius 1 is 1.19 bits per heavy atom. The van der Waals surface area contributed by atoms with Gasteiger partial charge in [0.1, 0.15) is 0 Å². The first-order chi connectivity index (χ1) is 7.38. The van der Waals surface area contributed by atoms with Gasteiger partial charge in [0.15, 0.2) is 0 Å². The van der Waals surface area contributed by atoms with E-state index in [0.717, 1.165) is 24.2 Å². The summed E-state index contributed by atoms with van der Waals surface area (Å²) in [5, 5.41) is 0. The van der Waals surface area contributed by atoms with Crippen molar-refractivity contribution in [1.29, 1.82) is 0 Å². The first-order valence-corrected chi connectivity index (χ1v) is 5.26. The lowest BCUT2D eigenvalue weighted by molar-refractivity contribution is -0.138. The Hall–Kier alpha value is -1.03. The van der Waals surface area contributed by atoms with E-state index in [1.165, 1.54) is 13.0 Å². The van der Waals surface area contributed by atoms with Gasteiger partial charge in [-0.1, -0.05) is 6.07 Å². The highest BCUT2D eigenvalue weighted by molar-refractivity contribution is 5.40. The molecule has 0 saturated carbocycles. The summed E-state index contributed by atoms with van der Waals surface area (Å²) in [4.78, 5) is 2.12. The minimum absolute atomic E-state index is 0.321. The molecule has 2 rings (SSSR count). The Morgan fingerprint density at radius 3 is 2.50 bits per heavy atom. The minimum atomic E-state index is -4.23. The lowest BCUT2D eigenvalue weighted by Gasteiger charge is -2.26. The van der Waals surface area contributed by atoms with Crippen LogP contribution in [-0.2, 0) is 19.1 Å². The Morgan fingerprint density at radius 2 is 1.88 bits per heavy atom. The monoisotopic (exact) mass is 229 g/mol. The largest absolute Gasteiger partial charge is 0.416 e. The second-order valence-electron chi connectivity index (χ2n) is 4.42. The Kier molecular flexibility index (Phi) is 2.70. The van der Waals surface area contributed by atoms with Crippen LogP contribution in [0.2, 0.25) is 0 Å². The molecule has 0 amide bonds. The number of fused-ring (bicyclic) bond motifs is 1. The number of rotatable bonds is 0. The van der Waals surface area contributed by atoms with E-state index in [2.05, 4.69) is 4.90 Å². The normalized spacial score (nSPS) is 17.3. The predicted molar refractivity (Wildman–Crippen MR) is 56.2 cm³/mol. The number of alkyl halides is 3. The van der Waals surface area contributed by atoms with E-state index in [9.17, 15) is 13.2 Å². The molecule has 0 saturated heterocycles. The highest BCUT2D eigenvalue weighted by Crippen LogP contribution is 2.34.